The molecule has 0 aliphatic carbocycles. The minimum absolute atomic E-state index is 1.06. The van der Waals surface area contributed by atoms with Crippen molar-refractivity contribution in [2.45, 2.75) is 0 Å². The lowest BCUT2D eigenvalue weighted by atomic mass is 10.2. The van der Waals surface area contributed by atoms with Crippen LogP contribution in [-0.2, 0) is 0 Å². The van der Waals surface area contributed by atoms with Gasteiger partial charge in [0.2, 0.25) is 0 Å². The molecule has 0 bridgehead atoms. The molecule has 0 saturated heterocycles. The Morgan fingerprint density at radius 1 is 1.21 bits per heavy atom. The van der Waals surface area contributed by atoms with Crippen LogP contribution in [0.5, 0.6) is 0 Å². The van der Waals surface area contributed by atoms with Gasteiger partial charge in [0.05, 0.1) is 11.6 Å². The summed E-state index contributed by atoms with van der Waals surface area (Å²) in [7, 11) is 0. The molecule has 2 heteroatoms. The molecule has 0 saturated carbocycles. The van der Waals surface area contributed by atoms with Crippen LogP contribution in [0.3, 0.4) is 0 Å². The maximum Gasteiger partial charge on any atom is 0.0905 e. The standard InChI is InChI=1S/C9H7N.C3H3N/c1-2-6-9-8(4-1)5-3-7-10-9;1-2-3-4/h1-7H;2H,1H2. The Labute approximate surface area is 83.1 Å². The van der Waals surface area contributed by atoms with Gasteiger partial charge in [-0.3, -0.25) is 4.98 Å². The lowest BCUT2D eigenvalue weighted by Gasteiger charge is -1.91. The minimum Gasteiger partial charge on any atom is -0.256 e. The summed E-state index contributed by atoms with van der Waals surface area (Å²) in [6.07, 6.45) is 2.99. The molecular formula is C12H10N2. The number of nitrogens with zero attached hydrogens (tertiary/aromatic N) is 2. The van der Waals surface area contributed by atoms with Gasteiger partial charge in [0, 0.05) is 17.7 Å². The predicted octanol–water partition coefficient (Wildman–Crippen LogP) is 2.93. The van der Waals surface area contributed by atoms with Crippen LogP contribution in [0, 0.1) is 11.3 Å². The molecule has 0 atom stereocenters. The van der Waals surface area contributed by atoms with Crippen molar-refractivity contribution >= 4 is 10.9 Å². The number of benzene rings is 1. The van der Waals surface area contributed by atoms with E-state index in [-0.39, 0.29) is 0 Å². The van der Waals surface area contributed by atoms with Crippen molar-refractivity contribution in [1.82, 2.24) is 4.98 Å². The van der Waals surface area contributed by atoms with E-state index in [1.54, 1.807) is 6.07 Å². The second-order valence-electron chi connectivity index (χ2n) is 2.53. The lowest BCUT2D eigenvalue weighted by Crippen LogP contribution is -1.73. The zero-order valence-electron chi connectivity index (χ0n) is 7.72. The van der Waals surface area contributed by atoms with Gasteiger partial charge < -0.3 is 0 Å². The molecule has 1 heterocycles. The predicted molar refractivity (Wildman–Crippen MR) is 57.6 cm³/mol. The van der Waals surface area contributed by atoms with E-state index < -0.39 is 0 Å². The van der Waals surface area contributed by atoms with Crippen molar-refractivity contribution in [2.75, 3.05) is 0 Å². The van der Waals surface area contributed by atoms with Gasteiger partial charge in [-0.1, -0.05) is 30.8 Å². The van der Waals surface area contributed by atoms with Crippen molar-refractivity contribution in [3.05, 3.63) is 55.3 Å². The summed E-state index contributed by atoms with van der Waals surface area (Å²) in [6.45, 7) is 3.12. The summed E-state index contributed by atoms with van der Waals surface area (Å²) in [6, 6.07) is 13.8. The largest absolute Gasteiger partial charge is 0.256 e. The normalized spacial score (nSPS) is 8.21. The Morgan fingerprint density at radius 2 is 1.86 bits per heavy atom. The van der Waals surface area contributed by atoms with E-state index in [0.717, 1.165) is 5.52 Å². The highest BCUT2D eigenvalue weighted by Gasteiger charge is 1.86. The average Bonchev–Trinajstić information content (AvgIpc) is 2.30. The summed E-state index contributed by atoms with van der Waals surface area (Å²) < 4.78 is 0. The van der Waals surface area contributed by atoms with Crippen LogP contribution in [0.15, 0.2) is 55.3 Å². The van der Waals surface area contributed by atoms with Crippen LogP contribution in [0.1, 0.15) is 0 Å². The molecule has 2 nitrogen and oxygen atoms in total. The van der Waals surface area contributed by atoms with Crippen LogP contribution in [0.25, 0.3) is 10.9 Å². The van der Waals surface area contributed by atoms with Crippen LogP contribution in [-0.4, -0.2) is 4.98 Å². The number of fused-ring (bicyclic) bond motifs is 1. The highest BCUT2D eigenvalue weighted by Crippen LogP contribution is 2.07. The topological polar surface area (TPSA) is 36.7 Å². The molecule has 1 aromatic carbocycles. The van der Waals surface area contributed by atoms with Gasteiger partial charge in [-0.25, -0.2) is 0 Å². The summed E-state index contributed by atoms with van der Waals surface area (Å²) in [5.74, 6) is 0. The van der Waals surface area contributed by atoms with Crippen LogP contribution in [0.2, 0.25) is 0 Å². The molecule has 0 fully saturated rings. The molecule has 0 aliphatic heterocycles. The zero-order chi connectivity index (χ0) is 10.2. The first-order valence-corrected chi connectivity index (χ1v) is 4.19. The van der Waals surface area contributed by atoms with Gasteiger partial charge >= 0.3 is 0 Å². The average molecular weight is 182 g/mol. The summed E-state index contributed by atoms with van der Waals surface area (Å²) in [4.78, 5) is 4.18. The SMILES string of the molecule is C=CC#N.c1ccc2ncccc2c1. The Morgan fingerprint density at radius 3 is 2.50 bits per heavy atom. The Hall–Kier alpha value is -2.14. The van der Waals surface area contributed by atoms with E-state index in [2.05, 4.69) is 23.7 Å². The molecule has 0 aliphatic rings. The van der Waals surface area contributed by atoms with Crippen molar-refractivity contribution in [1.29, 1.82) is 5.26 Å². The van der Waals surface area contributed by atoms with E-state index in [9.17, 15) is 0 Å². The van der Waals surface area contributed by atoms with E-state index in [4.69, 9.17) is 5.26 Å². The molecule has 2 aromatic rings. The molecule has 0 N–H and O–H groups in total. The second-order valence-corrected chi connectivity index (χ2v) is 2.53. The maximum absolute atomic E-state index is 7.51. The molecular weight excluding hydrogens is 172 g/mol. The van der Waals surface area contributed by atoms with E-state index in [1.807, 2.05) is 30.5 Å². The molecule has 0 amide bonds. The van der Waals surface area contributed by atoms with Crippen molar-refractivity contribution < 1.29 is 0 Å². The number of hydrogen-bond donors (Lipinski definition) is 0. The molecule has 0 unspecified atom stereocenters. The smallest absolute Gasteiger partial charge is 0.0905 e. The number of hydrogen-bond acceptors (Lipinski definition) is 2. The highest BCUT2D eigenvalue weighted by atomic mass is 14.6. The molecule has 1 aromatic heterocycles. The van der Waals surface area contributed by atoms with Crippen molar-refractivity contribution in [2.24, 2.45) is 0 Å². The first kappa shape index (κ1) is 9.94. The fourth-order valence-corrected chi connectivity index (χ4v) is 1.02. The minimum atomic E-state index is 1.06. The summed E-state index contributed by atoms with van der Waals surface area (Å²) >= 11 is 0. The number of rotatable bonds is 0. The molecule has 0 spiro atoms. The monoisotopic (exact) mass is 182 g/mol. The van der Waals surface area contributed by atoms with Gasteiger partial charge in [0.25, 0.3) is 0 Å². The van der Waals surface area contributed by atoms with E-state index >= 15 is 0 Å². The highest BCUT2D eigenvalue weighted by molar-refractivity contribution is 5.77. The number of allylic oxidation sites excluding steroid dienone is 1. The third-order valence-electron chi connectivity index (χ3n) is 1.60. The fraction of sp³-hybridized carbons (Fsp3) is 0. The lowest BCUT2D eigenvalue weighted by molar-refractivity contribution is 1.41. The van der Waals surface area contributed by atoms with E-state index in [0.29, 0.717) is 0 Å². The molecule has 2 rings (SSSR count). The second kappa shape index (κ2) is 5.50. The summed E-state index contributed by atoms with van der Waals surface area (Å²) in [5.41, 5.74) is 1.06. The quantitative estimate of drug-likeness (QED) is 0.587. The third kappa shape index (κ3) is 2.72. The number of aromatic nitrogens is 1. The first-order valence-electron chi connectivity index (χ1n) is 4.19. The van der Waals surface area contributed by atoms with Gasteiger partial charge in [0.1, 0.15) is 0 Å². The van der Waals surface area contributed by atoms with Gasteiger partial charge in [-0.2, -0.15) is 5.26 Å². The number of nitriles is 1. The van der Waals surface area contributed by atoms with Crippen LogP contribution in [0.4, 0.5) is 0 Å². The Bertz CT molecular complexity index is 390. The third-order valence-corrected chi connectivity index (χ3v) is 1.60. The number of para-hydroxylation sites is 1. The molecule has 68 valence electrons. The zero-order valence-corrected chi connectivity index (χ0v) is 7.72. The Balaban J connectivity index is 0.000000213. The summed E-state index contributed by atoms with van der Waals surface area (Å²) in [5, 5.41) is 8.71. The first-order chi connectivity index (χ1) is 6.88. The van der Waals surface area contributed by atoms with E-state index in [1.165, 1.54) is 11.5 Å². The van der Waals surface area contributed by atoms with Gasteiger partial charge in [0.15, 0.2) is 0 Å². The molecule has 14 heavy (non-hydrogen) atoms. The maximum atomic E-state index is 7.51. The van der Waals surface area contributed by atoms with Gasteiger partial charge in [-0.05, 0) is 12.1 Å². The molecule has 0 radical (unpaired) electrons. The van der Waals surface area contributed by atoms with Crippen LogP contribution < -0.4 is 0 Å². The fourth-order valence-electron chi connectivity index (χ4n) is 1.02. The number of pyridine rings is 1. The van der Waals surface area contributed by atoms with Crippen LogP contribution >= 0.6 is 0 Å². The van der Waals surface area contributed by atoms with Crippen molar-refractivity contribution in [3.63, 3.8) is 0 Å². The van der Waals surface area contributed by atoms with Crippen molar-refractivity contribution in [3.8, 4) is 6.07 Å². The Kier molecular flexibility index (Phi) is 3.90. The van der Waals surface area contributed by atoms with Gasteiger partial charge in [-0.15, -0.1) is 0 Å².